The van der Waals surface area contributed by atoms with E-state index in [1.165, 1.54) is 411 Å². The van der Waals surface area contributed by atoms with E-state index in [1.54, 1.807) is 6.20 Å². The fraction of sp³-hybridized carbons (Fsp3) is 0.930. The summed E-state index contributed by atoms with van der Waals surface area (Å²) < 4.78 is 5.38. The number of nitrogens with one attached hydrogen (secondary N) is 1. The van der Waals surface area contributed by atoms with Crippen molar-refractivity contribution in [2.75, 3.05) is 0 Å². The average Bonchev–Trinajstić information content (AvgIpc) is 1.69. The normalized spacial score (nSPS) is 16.5. The largest absolute Gasteiger partial charge is 0.416 e. The lowest BCUT2D eigenvalue weighted by Crippen LogP contribution is -2.34. The number of amides is 4. The fourth-order valence-corrected chi connectivity index (χ4v) is 17.1. The minimum Gasteiger partial charge on any atom is -0.412 e. The summed E-state index contributed by atoms with van der Waals surface area (Å²) in [6, 6.07) is 0. The zero-order valence-electron chi connectivity index (χ0n) is 79.5. The molecule has 19 heteroatoms. The number of carbonyl (C=O) groups is 4. The molecule has 0 saturated heterocycles. The first-order valence-corrected chi connectivity index (χ1v) is 51.3. The summed E-state index contributed by atoms with van der Waals surface area (Å²) in [7, 11) is 0. The Kier molecular flexibility index (Phi) is 77.0. The van der Waals surface area contributed by atoms with Gasteiger partial charge < -0.3 is 23.8 Å². The molecule has 4 amide bonds. The van der Waals surface area contributed by atoms with Crippen molar-refractivity contribution in [3.8, 4) is 0 Å². The van der Waals surface area contributed by atoms with E-state index < -0.39 is 24.4 Å². The second kappa shape index (κ2) is 81.6. The number of hydrogen-bond donors (Lipinski definition) is 1. The lowest BCUT2D eigenvalue weighted by Gasteiger charge is -2.29. The molecule has 0 aliphatic carbocycles. The maximum atomic E-state index is 11.6. The number of unbranched alkanes of at least 4 members (excludes halogenated alkanes) is 61. The van der Waals surface area contributed by atoms with Crippen LogP contribution < -0.4 is 5.76 Å². The van der Waals surface area contributed by atoms with E-state index in [9.17, 15) is 24.0 Å². The lowest BCUT2D eigenvalue weighted by atomic mass is 9.76. The SMILES string of the molecule is CCCCCCCCCCCCCCCC(C)(C)C1ON=NC1=O.CCCCCCCCCCCCCCCC(C)C1ON=NC1=O.CCCCCCCCCCCCCCCC(CC)(CC)c1c[nH]c(=O)o1.CCCCCCCCCCCCCCCC(CC)C1ON=NC1=O.CCCCCCCCCCCCCCCCC1ON=NC1=O. The van der Waals surface area contributed by atoms with Gasteiger partial charge in [-0.3, -0.25) is 24.2 Å². The summed E-state index contributed by atoms with van der Waals surface area (Å²) in [5.41, 5.74) is -0.130. The van der Waals surface area contributed by atoms with Crippen molar-refractivity contribution in [2.24, 2.45) is 58.8 Å². The Morgan fingerprint density at radius 2 is 0.605 bits per heavy atom. The van der Waals surface area contributed by atoms with Crippen LogP contribution in [0.15, 0.2) is 57.0 Å². The van der Waals surface area contributed by atoms with Crippen LogP contribution in [0.3, 0.4) is 0 Å². The van der Waals surface area contributed by atoms with Crippen molar-refractivity contribution >= 4 is 23.6 Å². The predicted octanol–water partition coefficient (Wildman–Crippen LogP) is 33.6. The third kappa shape index (κ3) is 62.1. The van der Waals surface area contributed by atoms with Gasteiger partial charge in [0.05, 0.1) is 0 Å². The molecule has 0 bridgehead atoms. The highest BCUT2D eigenvalue weighted by atomic mass is 16.7. The molecule has 694 valence electrons. The quantitative estimate of drug-likeness (QED) is 0.0604. The molecule has 5 heterocycles. The molecule has 6 unspecified atom stereocenters. The molecular formula is C100H189N9O10. The van der Waals surface area contributed by atoms with Crippen LogP contribution in [0, 0.1) is 17.3 Å². The number of aromatic amines is 1. The van der Waals surface area contributed by atoms with Gasteiger partial charge in [-0.1, -0.05) is 514 Å². The topological polar surface area (TPSA) is 250 Å². The van der Waals surface area contributed by atoms with Crippen molar-refractivity contribution < 1.29 is 42.9 Å². The van der Waals surface area contributed by atoms with Crippen LogP contribution in [0.5, 0.6) is 0 Å². The molecular weight excluding hydrogens is 1490 g/mol. The van der Waals surface area contributed by atoms with Crippen molar-refractivity contribution in [3.63, 3.8) is 0 Å². The van der Waals surface area contributed by atoms with Crippen LogP contribution >= 0.6 is 0 Å². The average molecular weight is 1680 g/mol. The Bertz CT molecular complexity index is 2640. The molecule has 4 aliphatic rings. The molecule has 1 aromatic heterocycles. The number of H-pyrrole nitrogens is 1. The molecule has 0 fully saturated rings. The van der Waals surface area contributed by atoms with Crippen molar-refractivity contribution in [1.82, 2.24) is 4.98 Å². The van der Waals surface area contributed by atoms with Gasteiger partial charge in [0, 0.05) is 50.0 Å². The van der Waals surface area contributed by atoms with Gasteiger partial charge in [-0.25, -0.2) is 4.79 Å². The molecule has 0 spiro atoms. The van der Waals surface area contributed by atoms with E-state index in [1.807, 2.05) is 0 Å². The molecule has 0 aromatic carbocycles. The summed E-state index contributed by atoms with van der Waals surface area (Å²) in [6.07, 6.45) is 98.1. The molecule has 4 aliphatic heterocycles. The van der Waals surface area contributed by atoms with Gasteiger partial charge in [0.15, 0.2) is 0 Å². The van der Waals surface area contributed by atoms with E-state index in [4.69, 9.17) is 23.8 Å². The number of rotatable bonds is 78. The van der Waals surface area contributed by atoms with Gasteiger partial charge >= 0.3 is 29.4 Å². The molecule has 6 atom stereocenters. The van der Waals surface area contributed by atoms with Crippen LogP contribution in [0.25, 0.3) is 0 Å². The monoisotopic (exact) mass is 1680 g/mol. The summed E-state index contributed by atoms with van der Waals surface area (Å²) in [6.45, 7) is 24.1. The van der Waals surface area contributed by atoms with E-state index >= 15 is 0 Å². The predicted molar refractivity (Wildman–Crippen MR) is 493 cm³/mol. The molecule has 5 rings (SSSR count). The second-order valence-electron chi connectivity index (χ2n) is 36.8. The molecule has 0 saturated carbocycles. The van der Waals surface area contributed by atoms with Gasteiger partial charge in [0.1, 0.15) is 5.76 Å². The van der Waals surface area contributed by atoms with E-state index in [0.29, 0.717) is 0 Å². The van der Waals surface area contributed by atoms with Crippen LogP contribution in [-0.2, 0) is 43.9 Å². The van der Waals surface area contributed by atoms with Crippen molar-refractivity contribution in [1.29, 1.82) is 0 Å². The minimum atomic E-state index is -0.477. The Hall–Kier alpha value is -4.71. The molecule has 119 heavy (non-hydrogen) atoms. The zero-order valence-corrected chi connectivity index (χ0v) is 79.5. The Morgan fingerprint density at radius 3 is 0.891 bits per heavy atom. The molecule has 19 nitrogen and oxygen atoms in total. The summed E-state index contributed by atoms with van der Waals surface area (Å²) >= 11 is 0. The molecule has 1 N–H and O–H groups in total. The fourth-order valence-electron chi connectivity index (χ4n) is 17.1. The standard InChI is InChI=1S/C23H43NO2.2C20H38N2O2.C19H36N2O2.C18H34N2O2/c1-4-7-8-9-10-11-12-13-14-15-16-17-18-19-23(5-2,6-3)21-20-24-22(25)26-21;1-4-5-6-7-8-9-10-11-12-13-14-15-16-17-20(2,3)18-19(23)21-22-24-18;1-3-5-6-7-8-9-10-11-12-13-14-15-16-17-18(4-2)19-20(23)21-22-24-19;1-3-4-5-6-7-8-9-10-11-12-13-14-15-16-17(2)18-19(22)20-21-23-18;1-2-3-4-5-6-7-8-9-10-11-12-13-14-15-16-17-18(21)19-20-22-17/h20H,4-19H2,1-3H3,(H,24,25);18H,4-17H2,1-3H3;18-19H,3-17H2,1-2H3;17-18H,3-16H2,1-2H3;17H,2-16H2,1H3. The first-order valence-electron chi connectivity index (χ1n) is 51.3. The van der Waals surface area contributed by atoms with Crippen LogP contribution in [0.1, 0.15) is 557 Å². The van der Waals surface area contributed by atoms with E-state index in [2.05, 4.69) is 123 Å². The van der Waals surface area contributed by atoms with E-state index in [0.717, 1.165) is 70.0 Å². The Morgan fingerprint density at radius 1 is 0.319 bits per heavy atom. The highest BCUT2D eigenvalue weighted by molar-refractivity contribution is 5.83. The lowest BCUT2D eigenvalue weighted by molar-refractivity contribution is -0.130. The van der Waals surface area contributed by atoms with Crippen molar-refractivity contribution in [2.45, 2.75) is 581 Å². The first kappa shape index (κ1) is 112. The van der Waals surface area contributed by atoms with Crippen molar-refractivity contribution in [3.05, 3.63) is 22.5 Å². The number of oxazole rings is 1. The van der Waals surface area contributed by atoms with Crippen LogP contribution in [0.2, 0.25) is 0 Å². The smallest absolute Gasteiger partial charge is 0.412 e. The molecule has 0 radical (unpaired) electrons. The van der Waals surface area contributed by atoms with E-state index in [-0.39, 0.29) is 52.1 Å². The Labute approximate surface area is 730 Å². The maximum Gasteiger partial charge on any atom is 0.416 e. The summed E-state index contributed by atoms with van der Waals surface area (Å²) in [5.74, 6) is 0.182. The third-order valence-corrected chi connectivity index (χ3v) is 25.7. The van der Waals surface area contributed by atoms with Gasteiger partial charge in [-0.15, -0.1) is 0 Å². The highest BCUT2D eigenvalue weighted by Crippen LogP contribution is 2.37. The van der Waals surface area contributed by atoms with Gasteiger partial charge in [0.25, 0.3) is 0 Å². The van der Waals surface area contributed by atoms with Crippen LogP contribution in [-0.4, -0.2) is 53.0 Å². The number of nitrogens with zero attached hydrogens (tertiary/aromatic N) is 8. The number of hydrogen-bond acceptors (Lipinski definition) is 14. The second-order valence-corrected chi connectivity index (χ2v) is 36.8. The number of carbonyl (C=O) groups excluding carboxylic acids is 4. The molecule has 1 aromatic rings. The van der Waals surface area contributed by atoms with Crippen LogP contribution in [0.4, 0.5) is 0 Å². The van der Waals surface area contributed by atoms with Gasteiger partial charge in [0.2, 0.25) is 24.4 Å². The first-order chi connectivity index (χ1) is 58.1. The third-order valence-electron chi connectivity index (χ3n) is 25.7. The summed E-state index contributed by atoms with van der Waals surface area (Å²) in [4.78, 5) is 79.7. The maximum absolute atomic E-state index is 11.6. The minimum absolute atomic E-state index is 0.0386. The Balaban J connectivity index is 0.000000744. The zero-order chi connectivity index (χ0) is 86.9. The van der Waals surface area contributed by atoms with Gasteiger partial charge in [-0.2, -0.15) is 0 Å². The highest BCUT2D eigenvalue weighted by Gasteiger charge is 2.41. The van der Waals surface area contributed by atoms with Gasteiger partial charge in [-0.05, 0) is 57.8 Å². The summed E-state index contributed by atoms with van der Waals surface area (Å²) in [5, 5.41) is 27.2. The number of aromatic nitrogens is 1.